The fourth-order valence-corrected chi connectivity index (χ4v) is 5.27. The molecule has 0 saturated carbocycles. The largest absolute Gasteiger partial charge is 0.323 e. The highest BCUT2D eigenvalue weighted by atomic mass is 15.5. The summed E-state index contributed by atoms with van der Waals surface area (Å²) in [5, 5.41) is 0. The monoisotopic (exact) mass is 460 g/mol. The van der Waals surface area contributed by atoms with Crippen LogP contribution < -0.4 is 19.6 Å². The minimum atomic E-state index is 0.559. The number of para-hydroxylation sites is 4. The van der Waals surface area contributed by atoms with E-state index in [2.05, 4.69) is 124 Å². The third-order valence-corrected chi connectivity index (χ3v) is 6.34. The molecule has 0 aromatic heterocycles. The summed E-state index contributed by atoms with van der Waals surface area (Å²) in [7, 11) is 0. The first-order valence-corrected chi connectivity index (χ1v) is 13.2. The maximum Gasteiger partial charge on any atom is 0.156 e. The van der Waals surface area contributed by atoms with Gasteiger partial charge in [-0.05, 0) is 47.9 Å². The highest BCUT2D eigenvalue weighted by molar-refractivity contribution is 5.89. The van der Waals surface area contributed by atoms with Crippen LogP contribution in [0.4, 0.5) is 22.7 Å². The Bertz CT molecular complexity index is 860. The van der Waals surface area contributed by atoms with Gasteiger partial charge >= 0.3 is 0 Å². The fraction of sp³-hybridized carbons (Fsp3) is 0.533. The van der Waals surface area contributed by atoms with Gasteiger partial charge < -0.3 is 19.6 Å². The average molecular weight is 461 g/mol. The molecule has 0 radical (unpaired) electrons. The molecule has 0 fully saturated rings. The van der Waals surface area contributed by atoms with Crippen LogP contribution in [0.2, 0.25) is 0 Å². The molecule has 2 aromatic rings. The molecule has 0 amide bonds. The lowest BCUT2D eigenvalue weighted by Crippen LogP contribution is -2.42. The van der Waals surface area contributed by atoms with E-state index in [1.165, 1.54) is 34.4 Å². The molecular formula is C30H44N4. The first-order chi connectivity index (χ1) is 16.2. The second-order valence-electron chi connectivity index (χ2n) is 11.6. The Morgan fingerprint density at radius 2 is 0.618 bits per heavy atom. The Balaban J connectivity index is 2.00. The van der Waals surface area contributed by atoms with Gasteiger partial charge in [0.1, 0.15) is 0 Å². The molecule has 4 heteroatoms. The summed E-state index contributed by atoms with van der Waals surface area (Å²) in [5.74, 6) is 4.93. The maximum absolute atomic E-state index is 2.60. The molecule has 2 aliphatic rings. The van der Waals surface area contributed by atoms with Gasteiger partial charge in [0.2, 0.25) is 0 Å². The number of fused-ring (bicyclic) bond motifs is 2. The predicted octanol–water partition coefficient (Wildman–Crippen LogP) is 7.39. The molecule has 0 saturated heterocycles. The lowest BCUT2D eigenvalue weighted by atomic mass is 10.1. The van der Waals surface area contributed by atoms with Crippen molar-refractivity contribution >= 4 is 22.7 Å². The Labute approximate surface area is 207 Å². The van der Waals surface area contributed by atoms with E-state index < -0.39 is 0 Å². The zero-order valence-electron chi connectivity index (χ0n) is 22.5. The first kappa shape index (κ1) is 24.5. The number of hydrogen-bond donors (Lipinski definition) is 0. The van der Waals surface area contributed by atoms with Gasteiger partial charge in [0.25, 0.3) is 0 Å². The van der Waals surface area contributed by atoms with E-state index in [0.29, 0.717) is 23.7 Å². The van der Waals surface area contributed by atoms with Crippen LogP contribution >= 0.6 is 0 Å². The molecule has 2 aliphatic heterocycles. The molecule has 2 heterocycles. The smallest absolute Gasteiger partial charge is 0.156 e. The normalized spacial score (nSPS) is 15.6. The number of rotatable bonds is 8. The van der Waals surface area contributed by atoms with E-state index in [4.69, 9.17) is 0 Å². The number of hydrogen-bond acceptors (Lipinski definition) is 4. The molecule has 0 unspecified atom stereocenters. The molecular weight excluding hydrogens is 416 g/mol. The van der Waals surface area contributed by atoms with E-state index in [9.17, 15) is 0 Å². The second kappa shape index (κ2) is 9.93. The molecule has 0 N–H and O–H groups in total. The summed E-state index contributed by atoms with van der Waals surface area (Å²) in [6.07, 6.45) is 0. The van der Waals surface area contributed by atoms with Crippen LogP contribution in [0.5, 0.6) is 0 Å². The maximum atomic E-state index is 2.60. The molecule has 4 nitrogen and oxygen atoms in total. The Morgan fingerprint density at radius 1 is 0.412 bits per heavy atom. The quantitative estimate of drug-likeness (QED) is 0.407. The first-order valence-electron chi connectivity index (χ1n) is 13.2. The Kier molecular flexibility index (Phi) is 7.16. The predicted molar refractivity (Wildman–Crippen MR) is 149 cm³/mol. The lowest BCUT2D eigenvalue weighted by molar-refractivity contribution is 0.587. The van der Waals surface area contributed by atoms with Crippen molar-refractivity contribution in [1.29, 1.82) is 0 Å². The topological polar surface area (TPSA) is 13.0 Å². The summed E-state index contributed by atoms with van der Waals surface area (Å²) in [5.41, 5.74) is 5.35. The van der Waals surface area contributed by atoms with Crippen molar-refractivity contribution in [1.82, 2.24) is 0 Å². The van der Waals surface area contributed by atoms with Crippen LogP contribution in [0.1, 0.15) is 55.4 Å². The van der Waals surface area contributed by atoms with Crippen molar-refractivity contribution in [3.05, 3.63) is 60.2 Å². The highest BCUT2D eigenvalue weighted by Gasteiger charge is 2.42. The van der Waals surface area contributed by atoms with Crippen LogP contribution in [-0.2, 0) is 0 Å². The van der Waals surface area contributed by atoms with Crippen LogP contribution in [0.25, 0.3) is 0 Å². The third-order valence-electron chi connectivity index (χ3n) is 6.34. The van der Waals surface area contributed by atoms with E-state index in [1.54, 1.807) is 0 Å². The van der Waals surface area contributed by atoms with Gasteiger partial charge in [-0.25, -0.2) is 0 Å². The van der Waals surface area contributed by atoms with Crippen molar-refractivity contribution in [2.45, 2.75) is 55.4 Å². The van der Waals surface area contributed by atoms with Gasteiger partial charge in [-0.15, -0.1) is 0 Å². The van der Waals surface area contributed by atoms with Crippen LogP contribution in [-0.4, -0.2) is 26.2 Å². The van der Waals surface area contributed by atoms with E-state index in [1.807, 2.05) is 0 Å². The van der Waals surface area contributed by atoms with Gasteiger partial charge in [-0.3, -0.25) is 0 Å². The zero-order valence-corrected chi connectivity index (χ0v) is 22.5. The molecule has 4 rings (SSSR count). The van der Waals surface area contributed by atoms with Gasteiger partial charge in [0, 0.05) is 26.2 Å². The van der Waals surface area contributed by atoms with E-state index in [0.717, 1.165) is 26.2 Å². The summed E-state index contributed by atoms with van der Waals surface area (Å²) in [4.78, 5) is 10.4. The molecule has 34 heavy (non-hydrogen) atoms. The molecule has 0 aliphatic carbocycles. The van der Waals surface area contributed by atoms with Crippen molar-refractivity contribution in [3.63, 3.8) is 0 Å². The standard InChI is InChI=1S/C30H44N4/c1-21(2)17-31-25-13-9-10-14-26(25)32(18-22(3)4)29(31)30-33(19-23(5)6)27-15-11-12-16-28(27)34(30)20-24(7)8/h9-16,21-24H,17-20H2,1-8H3. The Hall–Kier alpha value is -2.62. The van der Waals surface area contributed by atoms with Crippen molar-refractivity contribution in [3.8, 4) is 0 Å². The van der Waals surface area contributed by atoms with Gasteiger partial charge in [-0.1, -0.05) is 79.7 Å². The SMILES string of the molecule is CC(C)CN1C(=C2N(CC(C)C)c3ccccc3N2CC(C)C)N(CC(C)C)c2ccccc21. The summed E-state index contributed by atoms with van der Waals surface area (Å²) in [6.45, 7) is 22.7. The number of nitrogens with zero attached hydrogens (tertiary/aromatic N) is 4. The van der Waals surface area contributed by atoms with Crippen LogP contribution in [0.3, 0.4) is 0 Å². The molecule has 0 spiro atoms. The molecule has 0 atom stereocenters. The molecule has 2 aromatic carbocycles. The summed E-state index contributed by atoms with van der Waals surface area (Å²) < 4.78 is 0. The second-order valence-corrected chi connectivity index (χ2v) is 11.6. The Morgan fingerprint density at radius 3 is 0.794 bits per heavy atom. The van der Waals surface area contributed by atoms with Crippen LogP contribution in [0.15, 0.2) is 60.2 Å². The van der Waals surface area contributed by atoms with Gasteiger partial charge in [0.15, 0.2) is 11.6 Å². The van der Waals surface area contributed by atoms with Gasteiger partial charge in [0.05, 0.1) is 22.7 Å². The van der Waals surface area contributed by atoms with Crippen molar-refractivity contribution in [2.24, 2.45) is 23.7 Å². The van der Waals surface area contributed by atoms with Gasteiger partial charge in [-0.2, -0.15) is 0 Å². The van der Waals surface area contributed by atoms with Crippen molar-refractivity contribution in [2.75, 3.05) is 45.8 Å². The van der Waals surface area contributed by atoms with E-state index in [-0.39, 0.29) is 0 Å². The average Bonchev–Trinajstić information content (AvgIpc) is 3.20. The lowest BCUT2D eigenvalue weighted by Gasteiger charge is -2.36. The van der Waals surface area contributed by atoms with Crippen molar-refractivity contribution < 1.29 is 0 Å². The molecule has 184 valence electrons. The zero-order chi connectivity index (χ0) is 24.6. The summed E-state index contributed by atoms with van der Waals surface area (Å²) >= 11 is 0. The van der Waals surface area contributed by atoms with Crippen LogP contribution in [0, 0.1) is 23.7 Å². The minimum Gasteiger partial charge on any atom is -0.323 e. The minimum absolute atomic E-state index is 0.559. The fourth-order valence-electron chi connectivity index (χ4n) is 5.27. The van der Waals surface area contributed by atoms with E-state index >= 15 is 0 Å². The number of anilines is 4. The number of benzene rings is 2. The third kappa shape index (κ3) is 4.64. The summed E-state index contributed by atoms with van der Waals surface area (Å²) in [6, 6.07) is 18.0. The highest BCUT2D eigenvalue weighted by Crippen LogP contribution is 2.49. The molecule has 0 bridgehead atoms.